The van der Waals surface area contributed by atoms with Crippen molar-refractivity contribution in [1.29, 1.82) is 5.26 Å². The number of ether oxygens (including phenoxy) is 1. The maximum atomic E-state index is 12.4. The molecule has 3 nitrogen and oxygen atoms in total. The van der Waals surface area contributed by atoms with Crippen LogP contribution in [0.15, 0.2) is 42.5 Å². The molecule has 2 rings (SSSR count). The Morgan fingerprint density at radius 1 is 1.23 bits per heavy atom. The van der Waals surface area contributed by atoms with Crippen molar-refractivity contribution in [3.63, 3.8) is 0 Å². The van der Waals surface area contributed by atoms with Gasteiger partial charge >= 0.3 is 5.97 Å². The highest BCUT2D eigenvalue weighted by molar-refractivity contribution is 5.87. The Morgan fingerprint density at radius 3 is 2.55 bits per heavy atom. The van der Waals surface area contributed by atoms with E-state index in [-0.39, 0.29) is 12.5 Å². The van der Waals surface area contributed by atoms with Crippen molar-refractivity contribution in [2.45, 2.75) is 27.2 Å². The van der Waals surface area contributed by atoms with Crippen LogP contribution in [0.1, 0.15) is 26.3 Å². The topological polar surface area (TPSA) is 50.1 Å². The van der Waals surface area contributed by atoms with Crippen LogP contribution in [0.2, 0.25) is 0 Å². The summed E-state index contributed by atoms with van der Waals surface area (Å²) in [5.41, 5.74) is -0.151. The van der Waals surface area contributed by atoms with E-state index < -0.39 is 11.4 Å². The Hall–Kier alpha value is -2.34. The minimum Gasteiger partial charge on any atom is -0.465 e. The molecule has 2 aromatic rings. The molecule has 0 aliphatic carbocycles. The Bertz CT molecular complexity index is 709. The second-order valence-electron chi connectivity index (χ2n) is 5.77. The largest absolute Gasteiger partial charge is 0.465 e. The lowest BCUT2D eigenvalue weighted by Gasteiger charge is -2.28. The number of esters is 1. The fraction of sp³-hybridized carbons (Fsp3) is 0.368. The Kier molecular flexibility index (Phi) is 4.82. The summed E-state index contributed by atoms with van der Waals surface area (Å²) < 4.78 is 5.18. The third kappa shape index (κ3) is 2.82. The zero-order chi connectivity index (χ0) is 16.2. The second kappa shape index (κ2) is 6.62. The molecule has 0 bridgehead atoms. The van der Waals surface area contributed by atoms with E-state index in [0.29, 0.717) is 6.42 Å². The third-order valence-electron chi connectivity index (χ3n) is 4.17. The number of carbonyl (C=O) groups excluding carboxylic acids is 1. The first-order valence-electron chi connectivity index (χ1n) is 7.60. The molecular formula is C19H21NO2. The summed E-state index contributed by atoms with van der Waals surface area (Å²) in [4.78, 5) is 12.4. The van der Waals surface area contributed by atoms with E-state index in [4.69, 9.17) is 4.74 Å². The van der Waals surface area contributed by atoms with Crippen LogP contribution in [0.5, 0.6) is 0 Å². The molecule has 22 heavy (non-hydrogen) atoms. The number of nitriles is 1. The van der Waals surface area contributed by atoms with Gasteiger partial charge in [0.05, 0.1) is 12.7 Å². The molecule has 2 aromatic carbocycles. The van der Waals surface area contributed by atoms with Crippen molar-refractivity contribution in [3.05, 3.63) is 48.0 Å². The van der Waals surface area contributed by atoms with Crippen molar-refractivity contribution in [1.82, 2.24) is 0 Å². The molecule has 0 radical (unpaired) electrons. The molecule has 1 atom stereocenters. The number of hydrogen-bond donors (Lipinski definition) is 0. The van der Waals surface area contributed by atoms with Gasteiger partial charge in [-0.1, -0.05) is 56.3 Å². The maximum absolute atomic E-state index is 12.4. The summed E-state index contributed by atoms with van der Waals surface area (Å²) in [5.74, 6) is -0.559. The molecule has 0 unspecified atom stereocenters. The summed E-state index contributed by atoms with van der Waals surface area (Å²) in [6, 6.07) is 16.2. The minimum absolute atomic E-state index is 0.129. The molecule has 0 aromatic heterocycles. The lowest BCUT2D eigenvalue weighted by Crippen LogP contribution is -2.38. The molecule has 3 heteroatoms. The van der Waals surface area contributed by atoms with Crippen LogP contribution in [0.25, 0.3) is 10.8 Å². The lowest BCUT2D eigenvalue weighted by atomic mass is 9.73. The summed E-state index contributed by atoms with van der Waals surface area (Å²) in [6.45, 7) is 5.83. The number of benzene rings is 2. The van der Waals surface area contributed by atoms with Crippen LogP contribution in [0.3, 0.4) is 0 Å². The van der Waals surface area contributed by atoms with Gasteiger partial charge in [0, 0.05) is 6.42 Å². The van der Waals surface area contributed by atoms with E-state index in [2.05, 4.69) is 6.07 Å². The lowest BCUT2D eigenvalue weighted by molar-refractivity contribution is -0.154. The molecule has 0 fully saturated rings. The van der Waals surface area contributed by atoms with Crippen LogP contribution in [0, 0.1) is 22.7 Å². The fourth-order valence-electron chi connectivity index (χ4n) is 2.73. The molecule has 0 aliphatic heterocycles. The smallest absolute Gasteiger partial charge is 0.327 e. The highest BCUT2D eigenvalue weighted by Gasteiger charge is 2.44. The van der Waals surface area contributed by atoms with E-state index in [1.54, 1.807) is 6.92 Å². The van der Waals surface area contributed by atoms with Gasteiger partial charge in [0.15, 0.2) is 5.41 Å². The van der Waals surface area contributed by atoms with E-state index in [1.165, 1.54) is 0 Å². The van der Waals surface area contributed by atoms with E-state index in [9.17, 15) is 10.1 Å². The van der Waals surface area contributed by atoms with Gasteiger partial charge in [-0.2, -0.15) is 5.26 Å². The molecule has 0 amide bonds. The van der Waals surface area contributed by atoms with Gasteiger partial charge in [0.2, 0.25) is 0 Å². The van der Waals surface area contributed by atoms with E-state index >= 15 is 0 Å². The number of fused-ring (bicyclic) bond motifs is 1. The van der Waals surface area contributed by atoms with Crippen LogP contribution in [-0.4, -0.2) is 12.6 Å². The Morgan fingerprint density at radius 2 is 1.91 bits per heavy atom. The summed E-state index contributed by atoms with van der Waals surface area (Å²) in [7, 11) is 0. The summed E-state index contributed by atoms with van der Waals surface area (Å²) >= 11 is 0. The SMILES string of the molecule is CCOC(=O)[C@](C#N)(Cc1cccc2ccccc12)C(C)C. The Labute approximate surface area is 131 Å². The standard InChI is InChI=1S/C19H21NO2/c1-4-22-18(21)19(13-20,14(2)3)12-16-10-7-9-15-8-5-6-11-17(15)16/h5-11,14H,4,12H2,1-3H3/t19-/m0/s1. The van der Waals surface area contributed by atoms with Gasteiger partial charge in [-0.15, -0.1) is 0 Å². The Balaban J connectivity index is 2.51. The molecule has 0 heterocycles. The molecule has 0 aliphatic rings. The average molecular weight is 295 g/mol. The first-order chi connectivity index (χ1) is 10.5. The van der Waals surface area contributed by atoms with Crippen molar-refractivity contribution < 1.29 is 9.53 Å². The molecule has 0 saturated carbocycles. The molecule has 0 saturated heterocycles. The van der Waals surface area contributed by atoms with Crippen LogP contribution >= 0.6 is 0 Å². The second-order valence-corrected chi connectivity index (χ2v) is 5.77. The van der Waals surface area contributed by atoms with E-state index in [1.807, 2.05) is 56.3 Å². The molecule has 114 valence electrons. The quantitative estimate of drug-likeness (QED) is 0.780. The number of rotatable bonds is 5. The fourth-order valence-corrected chi connectivity index (χ4v) is 2.73. The first kappa shape index (κ1) is 16.0. The van der Waals surface area contributed by atoms with Crippen molar-refractivity contribution >= 4 is 16.7 Å². The summed E-state index contributed by atoms with van der Waals surface area (Å²) in [5, 5.41) is 11.9. The molecule has 0 N–H and O–H groups in total. The number of carbonyl (C=O) groups is 1. The zero-order valence-corrected chi connectivity index (χ0v) is 13.3. The van der Waals surface area contributed by atoms with Crippen LogP contribution in [0.4, 0.5) is 0 Å². The molecular weight excluding hydrogens is 274 g/mol. The van der Waals surface area contributed by atoms with Gasteiger partial charge in [0.25, 0.3) is 0 Å². The third-order valence-corrected chi connectivity index (χ3v) is 4.17. The predicted molar refractivity (Wildman–Crippen MR) is 87.2 cm³/mol. The van der Waals surface area contributed by atoms with Gasteiger partial charge in [-0.3, -0.25) is 4.79 Å². The van der Waals surface area contributed by atoms with E-state index in [0.717, 1.165) is 16.3 Å². The summed E-state index contributed by atoms with van der Waals surface area (Å²) in [6.07, 6.45) is 0.362. The number of hydrogen-bond acceptors (Lipinski definition) is 3. The average Bonchev–Trinajstić information content (AvgIpc) is 2.52. The van der Waals surface area contributed by atoms with Gasteiger partial charge in [0.1, 0.15) is 0 Å². The van der Waals surface area contributed by atoms with Crippen LogP contribution in [-0.2, 0) is 16.0 Å². The predicted octanol–water partition coefficient (Wildman–Crippen LogP) is 4.11. The normalized spacial score (nSPS) is 13.6. The van der Waals surface area contributed by atoms with Crippen molar-refractivity contribution in [2.24, 2.45) is 11.3 Å². The first-order valence-corrected chi connectivity index (χ1v) is 7.60. The van der Waals surface area contributed by atoms with Gasteiger partial charge in [-0.05, 0) is 29.2 Å². The maximum Gasteiger partial charge on any atom is 0.327 e. The van der Waals surface area contributed by atoms with Gasteiger partial charge < -0.3 is 4.74 Å². The van der Waals surface area contributed by atoms with Crippen LogP contribution < -0.4 is 0 Å². The van der Waals surface area contributed by atoms with Crippen molar-refractivity contribution in [2.75, 3.05) is 6.61 Å². The molecule has 0 spiro atoms. The monoisotopic (exact) mass is 295 g/mol. The highest BCUT2D eigenvalue weighted by Crippen LogP contribution is 2.35. The zero-order valence-electron chi connectivity index (χ0n) is 13.3. The van der Waals surface area contributed by atoms with Crippen molar-refractivity contribution in [3.8, 4) is 6.07 Å². The highest BCUT2D eigenvalue weighted by atomic mass is 16.5. The van der Waals surface area contributed by atoms with Gasteiger partial charge in [-0.25, -0.2) is 0 Å². The minimum atomic E-state index is -1.15. The number of nitrogens with zero attached hydrogens (tertiary/aromatic N) is 1.